The van der Waals surface area contributed by atoms with Crippen molar-refractivity contribution in [2.75, 3.05) is 5.73 Å². The van der Waals surface area contributed by atoms with Gasteiger partial charge >= 0.3 is 0 Å². The number of hydrogen-bond donors (Lipinski definition) is 1. The molecule has 0 unspecified atom stereocenters. The lowest BCUT2D eigenvalue weighted by molar-refractivity contribution is -0.00414. The Morgan fingerprint density at radius 2 is 1.59 bits per heavy atom. The smallest absolute Gasteiger partial charge is 0.0501 e. The van der Waals surface area contributed by atoms with Crippen molar-refractivity contribution >= 4 is 5.69 Å². The second-order valence-corrected chi connectivity index (χ2v) is 6.47. The zero-order valence-corrected chi connectivity index (χ0v) is 10.2. The van der Waals surface area contributed by atoms with E-state index < -0.39 is 0 Å². The van der Waals surface area contributed by atoms with E-state index in [2.05, 4.69) is 11.1 Å². The molecule has 0 aromatic carbocycles. The number of nitrogens with zero attached hydrogens (tertiary/aromatic N) is 1. The third-order valence-corrected chi connectivity index (χ3v) is 5.38. The molecule has 0 spiro atoms. The minimum atomic E-state index is 0.739. The van der Waals surface area contributed by atoms with Gasteiger partial charge in [-0.05, 0) is 67.9 Å². The largest absolute Gasteiger partial charge is 0.397 e. The summed E-state index contributed by atoms with van der Waals surface area (Å²) in [5.41, 5.74) is 7.84. The molecule has 4 aliphatic carbocycles. The van der Waals surface area contributed by atoms with Crippen molar-refractivity contribution in [3.63, 3.8) is 0 Å². The van der Waals surface area contributed by atoms with Gasteiger partial charge in [-0.2, -0.15) is 0 Å². The molecule has 4 bridgehead atoms. The molecule has 0 atom stereocenters. The maximum absolute atomic E-state index is 5.74. The van der Waals surface area contributed by atoms with Crippen molar-refractivity contribution in [3.8, 4) is 0 Å². The Bertz CT molecular complexity index is 395. The monoisotopic (exact) mass is 228 g/mol. The van der Waals surface area contributed by atoms with Crippen molar-refractivity contribution in [2.24, 2.45) is 23.7 Å². The predicted octanol–water partition coefficient (Wildman–Crippen LogP) is 3.20. The molecule has 2 heteroatoms. The summed E-state index contributed by atoms with van der Waals surface area (Å²) in [6.45, 7) is 0. The third-order valence-electron chi connectivity index (χ3n) is 5.38. The normalized spacial score (nSPS) is 42.9. The number of nitrogen functional groups attached to an aromatic ring is 1. The number of anilines is 1. The highest BCUT2D eigenvalue weighted by Gasteiger charge is 2.48. The first kappa shape index (κ1) is 9.93. The highest BCUT2D eigenvalue weighted by molar-refractivity contribution is 5.35. The molecule has 4 fully saturated rings. The average molecular weight is 228 g/mol. The van der Waals surface area contributed by atoms with Crippen LogP contribution in [0.4, 0.5) is 5.69 Å². The van der Waals surface area contributed by atoms with Gasteiger partial charge in [0, 0.05) is 11.6 Å². The van der Waals surface area contributed by atoms with Crippen LogP contribution in [-0.4, -0.2) is 4.98 Å². The summed E-state index contributed by atoms with van der Waals surface area (Å²) in [6.07, 6.45) is 9.20. The SMILES string of the molecule is Nc1ccc(C2C3CC4CC(C3)CC2C4)nc1. The Morgan fingerprint density at radius 1 is 0.941 bits per heavy atom. The minimum absolute atomic E-state index is 0.739. The van der Waals surface area contributed by atoms with Crippen LogP contribution in [0, 0.1) is 23.7 Å². The lowest BCUT2D eigenvalue weighted by Crippen LogP contribution is -2.44. The number of aromatic nitrogens is 1. The van der Waals surface area contributed by atoms with Crippen LogP contribution in [0.1, 0.15) is 43.7 Å². The molecule has 1 aromatic heterocycles. The lowest BCUT2D eigenvalue weighted by Gasteiger charge is -2.54. The maximum Gasteiger partial charge on any atom is 0.0501 e. The van der Waals surface area contributed by atoms with Crippen molar-refractivity contribution in [2.45, 2.75) is 38.0 Å². The fourth-order valence-electron chi connectivity index (χ4n) is 5.02. The summed E-state index contributed by atoms with van der Waals surface area (Å²) < 4.78 is 0. The van der Waals surface area contributed by atoms with Crippen molar-refractivity contribution in [1.82, 2.24) is 4.98 Å². The van der Waals surface area contributed by atoms with Gasteiger partial charge in [0.05, 0.1) is 11.9 Å². The quantitative estimate of drug-likeness (QED) is 0.801. The first-order valence-electron chi connectivity index (χ1n) is 7.01. The van der Waals surface area contributed by atoms with E-state index in [1.54, 1.807) is 0 Å². The van der Waals surface area contributed by atoms with Crippen LogP contribution < -0.4 is 5.73 Å². The van der Waals surface area contributed by atoms with Crippen LogP contribution in [0.3, 0.4) is 0 Å². The Morgan fingerprint density at radius 3 is 2.12 bits per heavy atom. The maximum atomic E-state index is 5.74. The summed E-state index contributed by atoms with van der Waals surface area (Å²) >= 11 is 0. The van der Waals surface area contributed by atoms with E-state index in [0.29, 0.717) is 0 Å². The molecule has 5 rings (SSSR count). The standard InChI is InChI=1S/C15H20N2/c16-13-1-2-14(17-8-13)15-11-4-9-3-10(6-11)7-12(15)5-9/h1-2,8-12,15H,3-7,16H2. The van der Waals surface area contributed by atoms with Crippen LogP contribution in [-0.2, 0) is 0 Å². The summed E-state index contributed by atoms with van der Waals surface area (Å²) in [5.74, 6) is 4.67. The molecule has 17 heavy (non-hydrogen) atoms. The predicted molar refractivity (Wildman–Crippen MR) is 68.4 cm³/mol. The van der Waals surface area contributed by atoms with E-state index >= 15 is 0 Å². The molecule has 0 aliphatic heterocycles. The summed E-state index contributed by atoms with van der Waals surface area (Å²) in [7, 11) is 0. The van der Waals surface area contributed by atoms with Crippen molar-refractivity contribution < 1.29 is 0 Å². The van der Waals surface area contributed by atoms with Gasteiger partial charge in [-0.1, -0.05) is 0 Å². The fourth-order valence-corrected chi connectivity index (χ4v) is 5.02. The van der Waals surface area contributed by atoms with Crippen LogP contribution in [0.25, 0.3) is 0 Å². The van der Waals surface area contributed by atoms with Crippen LogP contribution >= 0.6 is 0 Å². The Balaban J connectivity index is 1.68. The summed E-state index contributed by atoms with van der Waals surface area (Å²) in [6, 6.07) is 4.19. The Labute approximate surface area is 103 Å². The summed E-state index contributed by atoms with van der Waals surface area (Å²) in [5, 5.41) is 0. The van der Waals surface area contributed by atoms with Crippen molar-refractivity contribution in [1.29, 1.82) is 0 Å². The van der Waals surface area contributed by atoms with Gasteiger partial charge in [0.25, 0.3) is 0 Å². The first-order chi connectivity index (χ1) is 8.29. The average Bonchev–Trinajstić information content (AvgIpc) is 2.30. The molecule has 1 aromatic rings. The van der Waals surface area contributed by atoms with Gasteiger partial charge in [0.1, 0.15) is 0 Å². The summed E-state index contributed by atoms with van der Waals surface area (Å²) in [4.78, 5) is 4.60. The molecule has 90 valence electrons. The van der Waals surface area contributed by atoms with E-state index in [-0.39, 0.29) is 0 Å². The van der Waals surface area contributed by atoms with Crippen molar-refractivity contribution in [3.05, 3.63) is 24.0 Å². The molecule has 4 aliphatic rings. The topological polar surface area (TPSA) is 38.9 Å². The van der Waals surface area contributed by atoms with Gasteiger partial charge in [0.2, 0.25) is 0 Å². The molecular formula is C15H20N2. The van der Waals surface area contributed by atoms with Gasteiger partial charge in [-0.3, -0.25) is 4.98 Å². The van der Waals surface area contributed by atoms with E-state index in [9.17, 15) is 0 Å². The number of hydrogen-bond acceptors (Lipinski definition) is 2. The van der Waals surface area contributed by atoms with E-state index in [1.165, 1.54) is 37.8 Å². The first-order valence-corrected chi connectivity index (χ1v) is 7.01. The van der Waals surface area contributed by atoms with Gasteiger partial charge in [-0.15, -0.1) is 0 Å². The zero-order valence-electron chi connectivity index (χ0n) is 10.2. The van der Waals surface area contributed by atoms with E-state index in [4.69, 9.17) is 5.73 Å². The Hall–Kier alpha value is -1.05. The van der Waals surface area contributed by atoms with Crippen LogP contribution in [0.5, 0.6) is 0 Å². The minimum Gasteiger partial charge on any atom is -0.397 e. The molecule has 1 heterocycles. The highest BCUT2D eigenvalue weighted by atomic mass is 14.7. The number of rotatable bonds is 1. The number of nitrogens with two attached hydrogens (primary N) is 1. The third kappa shape index (κ3) is 1.50. The van der Waals surface area contributed by atoms with E-state index in [1.807, 2.05) is 12.3 Å². The fraction of sp³-hybridized carbons (Fsp3) is 0.667. The van der Waals surface area contributed by atoms with Crippen LogP contribution in [0.2, 0.25) is 0 Å². The molecule has 2 nitrogen and oxygen atoms in total. The molecule has 2 N–H and O–H groups in total. The molecule has 0 amide bonds. The second-order valence-electron chi connectivity index (χ2n) is 6.47. The molecule has 4 saturated carbocycles. The number of pyridine rings is 1. The molecule has 0 radical (unpaired) electrons. The lowest BCUT2D eigenvalue weighted by atomic mass is 9.51. The molecular weight excluding hydrogens is 208 g/mol. The highest BCUT2D eigenvalue weighted by Crippen LogP contribution is 2.59. The zero-order chi connectivity index (χ0) is 11.4. The van der Waals surface area contributed by atoms with Gasteiger partial charge < -0.3 is 5.73 Å². The Kier molecular flexibility index (Phi) is 2.03. The second kappa shape index (κ2) is 3.47. The van der Waals surface area contributed by atoms with E-state index in [0.717, 1.165) is 35.3 Å². The van der Waals surface area contributed by atoms with Crippen LogP contribution in [0.15, 0.2) is 18.3 Å². The van der Waals surface area contributed by atoms with Gasteiger partial charge in [0.15, 0.2) is 0 Å². The van der Waals surface area contributed by atoms with Gasteiger partial charge in [-0.25, -0.2) is 0 Å². The molecule has 0 saturated heterocycles.